The number of hydrogen-bond donors (Lipinski definition) is 2. The summed E-state index contributed by atoms with van der Waals surface area (Å²) in [4.78, 5) is 49.2. The van der Waals surface area contributed by atoms with Crippen LogP contribution in [0.1, 0.15) is 43.6 Å². The summed E-state index contributed by atoms with van der Waals surface area (Å²) in [6.45, 7) is 2.41. The Morgan fingerprint density at radius 1 is 0.968 bits per heavy atom. The number of hydrogen-bond acceptors (Lipinski definition) is 6. The second-order valence-electron chi connectivity index (χ2n) is 6.84. The number of nitrogens with zero attached hydrogens (tertiary/aromatic N) is 1. The summed E-state index contributed by atoms with van der Waals surface area (Å²) in [5.74, 6) is -0.582. The van der Waals surface area contributed by atoms with Gasteiger partial charge in [-0.3, -0.25) is 24.1 Å². The maximum Gasteiger partial charge on any atom is 0.261 e. The van der Waals surface area contributed by atoms with Crippen molar-refractivity contribution in [2.45, 2.75) is 13.5 Å². The SMILES string of the molecule is CCNC(=O)COc1ccc(CNC(=O)c2ccc3c(c2)C(=O)N(C)C3=O)cc1OC. The van der Waals surface area contributed by atoms with Gasteiger partial charge in [-0.25, -0.2) is 0 Å². The Hall–Kier alpha value is -3.88. The molecule has 3 rings (SSSR count). The third-order valence-electron chi connectivity index (χ3n) is 4.77. The topological polar surface area (TPSA) is 114 Å². The molecule has 0 spiro atoms. The molecule has 0 atom stereocenters. The average molecular weight is 425 g/mol. The van der Waals surface area contributed by atoms with E-state index in [4.69, 9.17) is 9.47 Å². The number of rotatable bonds is 8. The predicted octanol–water partition coefficient (Wildman–Crippen LogP) is 1.37. The lowest BCUT2D eigenvalue weighted by Crippen LogP contribution is -2.28. The van der Waals surface area contributed by atoms with Gasteiger partial charge in [0, 0.05) is 25.7 Å². The van der Waals surface area contributed by atoms with Gasteiger partial charge >= 0.3 is 0 Å². The molecule has 9 nitrogen and oxygen atoms in total. The van der Waals surface area contributed by atoms with Gasteiger partial charge in [-0.15, -0.1) is 0 Å². The van der Waals surface area contributed by atoms with E-state index in [9.17, 15) is 19.2 Å². The lowest BCUT2D eigenvalue weighted by atomic mass is 10.1. The molecule has 2 aromatic rings. The van der Waals surface area contributed by atoms with Crippen molar-refractivity contribution < 1.29 is 28.7 Å². The molecule has 4 amide bonds. The number of carbonyl (C=O) groups excluding carboxylic acids is 4. The van der Waals surface area contributed by atoms with Crippen LogP contribution in [-0.4, -0.2) is 55.8 Å². The summed E-state index contributed by atoms with van der Waals surface area (Å²) in [5.41, 5.74) is 1.54. The van der Waals surface area contributed by atoms with Crippen LogP contribution in [0.3, 0.4) is 0 Å². The number of fused-ring (bicyclic) bond motifs is 1. The largest absolute Gasteiger partial charge is 0.493 e. The van der Waals surface area contributed by atoms with Crippen molar-refractivity contribution in [1.82, 2.24) is 15.5 Å². The lowest BCUT2D eigenvalue weighted by Gasteiger charge is -2.12. The van der Waals surface area contributed by atoms with Gasteiger partial charge in [-0.1, -0.05) is 6.07 Å². The summed E-state index contributed by atoms with van der Waals surface area (Å²) in [6, 6.07) is 9.53. The van der Waals surface area contributed by atoms with E-state index in [-0.39, 0.29) is 47.6 Å². The first kappa shape index (κ1) is 21.8. The summed E-state index contributed by atoms with van der Waals surface area (Å²) < 4.78 is 10.8. The maximum absolute atomic E-state index is 12.5. The second-order valence-corrected chi connectivity index (χ2v) is 6.84. The van der Waals surface area contributed by atoms with Crippen LogP contribution in [0.4, 0.5) is 0 Å². The molecule has 2 aromatic carbocycles. The molecular formula is C22H23N3O6. The first-order valence-corrected chi connectivity index (χ1v) is 9.66. The monoisotopic (exact) mass is 425 g/mol. The Morgan fingerprint density at radius 2 is 1.71 bits per heavy atom. The Kier molecular flexibility index (Phi) is 6.54. The van der Waals surface area contributed by atoms with Crippen molar-refractivity contribution in [2.24, 2.45) is 0 Å². The summed E-state index contributed by atoms with van der Waals surface area (Å²) in [6.07, 6.45) is 0. The van der Waals surface area contributed by atoms with Crippen molar-refractivity contribution >= 4 is 23.6 Å². The molecule has 0 fully saturated rings. The highest BCUT2D eigenvalue weighted by Gasteiger charge is 2.33. The standard InChI is InChI=1S/C22H23N3O6/c1-4-23-19(26)12-31-17-8-5-13(9-18(17)30-3)11-24-20(27)14-6-7-15-16(10-14)22(29)25(2)21(15)28/h5-10H,4,11-12H2,1-3H3,(H,23,26)(H,24,27). The van der Waals surface area contributed by atoms with Gasteiger partial charge in [0.1, 0.15) is 0 Å². The molecule has 162 valence electrons. The number of nitrogens with one attached hydrogen (secondary N) is 2. The fourth-order valence-corrected chi connectivity index (χ4v) is 3.12. The molecule has 0 bridgehead atoms. The van der Waals surface area contributed by atoms with E-state index in [2.05, 4.69) is 10.6 Å². The molecule has 31 heavy (non-hydrogen) atoms. The van der Waals surface area contributed by atoms with E-state index < -0.39 is 5.91 Å². The Labute approximate surface area is 179 Å². The number of amides is 4. The molecule has 0 aliphatic carbocycles. The highest BCUT2D eigenvalue weighted by Crippen LogP contribution is 2.28. The first-order chi connectivity index (χ1) is 14.8. The fraction of sp³-hybridized carbons (Fsp3) is 0.273. The fourth-order valence-electron chi connectivity index (χ4n) is 3.12. The number of ether oxygens (including phenoxy) is 2. The Balaban J connectivity index is 1.65. The van der Waals surface area contributed by atoms with Crippen LogP contribution in [0.25, 0.3) is 0 Å². The van der Waals surface area contributed by atoms with E-state index in [1.165, 1.54) is 32.4 Å². The molecule has 9 heteroatoms. The van der Waals surface area contributed by atoms with Crippen LogP contribution in [0.5, 0.6) is 11.5 Å². The van der Waals surface area contributed by atoms with Gasteiger partial charge in [0.15, 0.2) is 18.1 Å². The van der Waals surface area contributed by atoms with Crippen LogP contribution in [0.2, 0.25) is 0 Å². The predicted molar refractivity (Wildman–Crippen MR) is 111 cm³/mol. The van der Waals surface area contributed by atoms with Crippen LogP contribution in [-0.2, 0) is 11.3 Å². The van der Waals surface area contributed by atoms with Gasteiger partial charge in [0.25, 0.3) is 23.6 Å². The zero-order chi connectivity index (χ0) is 22.5. The molecule has 0 radical (unpaired) electrons. The third kappa shape index (κ3) is 4.66. The second kappa shape index (κ2) is 9.29. The third-order valence-corrected chi connectivity index (χ3v) is 4.77. The zero-order valence-electron chi connectivity index (χ0n) is 17.5. The smallest absolute Gasteiger partial charge is 0.261 e. The van der Waals surface area contributed by atoms with Crippen LogP contribution in [0.15, 0.2) is 36.4 Å². The number of methoxy groups -OCH3 is 1. The summed E-state index contributed by atoms with van der Waals surface area (Å²) in [5, 5.41) is 5.41. The van der Waals surface area contributed by atoms with Gasteiger partial charge < -0.3 is 20.1 Å². The van der Waals surface area contributed by atoms with E-state index >= 15 is 0 Å². The van der Waals surface area contributed by atoms with Crippen molar-refractivity contribution in [3.63, 3.8) is 0 Å². The normalized spacial score (nSPS) is 12.4. The quantitative estimate of drug-likeness (QED) is 0.618. The average Bonchev–Trinajstić information content (AvgIpc) is 3.00. The molecule has 1 aliphatic rings. The molecule has 0 saturated heterocycles. The molecule has 0 saturated carbocycles. The van der Waals surface area contributed by atoms with Gasteiger partial charge in [-0.2, -0.15) is 0 Å². The molecule has 0 aromatic heterocycles. The molecule has 0 unspecified atom stereocenters. The lowest BCUT2D eigenvalue weighted by molar-refractivity contribution is -0.123. The highest BCUT2D eigenvalue weighted by atomic mass is 16.5. The van der Waals surface area contributed by atoms with Crippen molar-refractivity contribution in [2.75, 3.05) is 27.3 Å². The van der Waals surface area contributed by atoms with E-state index in [0.29, 0.717) is 18.0 Å². The number of benzene rings is 2. The number of carbonyl (C=O) groups is 4. The Bertz CT molecular complexity index is 1050. The number of imide groups is 1. The minimum Gasteiger partial charge on any atom is -0.493 e. The minimum absolute atomic E-state index is 0.130. The van der Waals surface area contributed by atoms with Gasteiger partial charge in [0.05, 0.1) is 18.2 Å². The molecule has 2 N–H and O–H groups in total. The first-order valence-electron chi connectivity index (χ1n) is 9.66. The van der Waals surface area contributed by atoms with E-state index in [1.54, 1.807) is 18.2 Å². The Morgan fingerprint density at radius 3 is 2.42 bits per heavy atom. The highest BCUT2D eigenvalue weighted by molar-refractivity contribution is 6.21. The molecule has 1 heterocycles. The van der Waals surface area contributed by atoms with Crippen LogP contribution < -0.4 is 20.1 Å². The van der Waals surface area contributed by atoms with Crippen molar-refractivity contribution in [3.8, 4) is 11.5 Å². The zero-order valence-corrected chi connectivity index (χ0v) is 17.5. The maximum atomic E-state index is 12.5. The molecular weight excluding hydrogens is 402 g/mol. The summed E-state index contributed by atoms with van der Waals surface area (Å²) >= 11 is 0. The minimum atomic E-state index is -0.428. The number of likely N-dealkylation sites (N-methyl/N-ethyl adjacent to an activating group) is 1. The van der Waals surface area contributed by atoms with E-state index in [1.807, 2.05) is 6.92 Å². The van der Waals surface area contributed by atoms with Gasteiger partial charge in [0.2, 0.25) is 0 Å². The van der Waals surface area contributed by atoms with Crippen molar-refractivity contribution in [1.29, 1.82) is 0 Å². The van der Waals surface area contributed by atoms with Crippen LogP contribution >= 0.6 is 0 Å². The van der Waals surface area contributed by atoms with Crippen LogP contribution in [0, 0.1) is 0 Å². The van der Waals surface area contributed by atoms with Crippen molar-refractivity contribution in [3.05, 3.63) is 58.7 Å². The van der Waals surface area contributed by atoms with Gasteiger partial charge in [-0.05, 0) is 42.8 Å². The summed E-state index contributed by atoms with van der Waals surface area (Å²) in [7, 11) is 2.89. The molecule has 1 aliphatic heterocycles. The van der Waals surface area contributed by atoms with E-state index in [0.717, 1.165) is 10.5 Å².